The first-order chi connectivity index (χ1) is 8.99. The van der Waals surface area contributed by atoms with Crippen LogP contribution in [0.2, 0.25) is 0 Å². The molecule has 1 aliphatic heterocycles. The Bertz CT molecular complexity index is 421. The molecule has 0 radical (unpaired) electrons. The molecule has 1 aromatic carbocycles. The SMILES string of the molecule is Cc1ccc(C)c(C(C)(O)CN2CCCNCC2)c1. The van der Waals surface area contributed by atoms with Gasteiger partial charge in [-0.3, -0.25) is 4.90 Å². The lowest BCUT2D eigenvalue weighted by Crippen LogP contribution is -2.41. The van der Waals surface area contributed by atoms with E-state index in [1.54, 1.807) is 0 Å². The fourth-order valence-electron chi connectivity index (χ4n) is 2.90. The van der Waals surface area contributed by atoms with Crippen LogP contribution >= 0.6 is 0 Å². The maximum absolute atomic E-state index is 10.9. The Balaban J connectivity index is 2.14. The first-order valence-corrected chi connectivity index (χ1v) is 7.22. The quantitative estimate of drug-likeness (QED) is 0.872. The van der Waals surface area contributed by atoms with E-state index in [0.29, 0.717) is 6.54 Å². The molecule has 1 aromatic rings. The van der Waals surface area contributed by atoms with Gasteiger partial charge in [-0.05, 0) is 51.4 Å². The summed E-state index contributed by atoms with van der Waals surface area (Å²) in [6.45, 7) is 11.0. The van der Waals surface area contributed by atoms with Crippen LogP contribution in [0.5, 0.6) is 0 Å². The average Bonchev–Trinajstić information content (AvgIpc) is 2.60. The standard InChI is InChI=1S/C16H26N2O/c1-13-5-6-14(2)15(11-13)16(3,19)12-18-9-4-7-17-8-10-18/h5-6,11,17,19H,4,7-10,12H2,1-3H3. The summed E-state index contributed by atoms with van der Waals surface area (Å²) in [7, 11) is 0. The molecule has 2 N–H and O–H groups in total. The number of β-amino-alcohol motifs (C(OH)–C–C–N with tert-alkyl or cyclic N) is 1. The maximum atomic E-state index is 10.9. The number of hydrogen-bond acceptors (Lipinski definition) is 3. The van der Waals surface area contributed by atoms with Crippen LogP contribution in [-0.2, 0) is 5.60 Å². The summed E-state index contributed by atoms with van der Waals surface area (Å²) in [6.07, 6.45) is 1.16. The van der Waals surface area contributed by atoms with Crippen molar-refractivity contribution >= 4 is 0 Å². The van der Waals surface area contributed by atoms with Gasteiger partial charge in [0.1, 0.15) is 0 Å². The lowest BCUT2D eigenvalue weighted by atomic mass is 9.90. The molecule has 1 fully saturated rings. The minimum Gasteiger partial charge on any atom is -0.384 e. The van der Waals surface area contributed by atoms with Crippen molar-refractivity contribution in [1.82, 2.24) is 10.2 Å². The van der Waals surface area contributed by atoms with Gasteiger partial charge in [0.05, 0.1) is 5.60 Å². The largest absolute Gasteiger partial charge is 0.384 e. The van der Waals surface area contributed by atoms with E-state index in [-0.39, 0.29) is 0 Å². The molecule has 1 atom stereocenters. The van der Waals surface area contributed by atoms with Crippen molar-refractivity contribution in [2.24, 2.45) is 0 Å². The van der Waals surface area contributed by atoms with Crippen molar-refractivity contribution in [1.29, 1.82) is 0 Å². The van der Waals surface area contributed by atoms with E-state index < -0.39 is 5.60 Å². The van der Waals surface area contributed by atoms with Crippen LogP contribution in [0, 0.1) is 13.8 Å². The third-order valence-corrected chi connectivity index (χ3v) is 3.94. The minimum atomic E-state index is -0.777. The Morgan fingerprint density at radius 2 is 2.05 bits per heavy atom. The van der Waals surface area contributed by atoms with E-state index in [1.165, 1.54) is 11.1 Å². The van der Waals surface area contributed by atoms with Crippen molar-refractivity contribution in [3.05, 3.63) is 34.9 Å². The highest BCUT2D eigenvalue weighted by molar-refractivity contribution is 5.34. The van der Waals surface area contributed by atoms with E-state index in [1.807, 2.05) is 6.92 Å². The molecule has 0 aliphatic carbocycles. The number of hydrogen-bond donors (Lipinski definition) is 2. The molecule has 1 aliphatic rings. The van der Waals surface area contributed by atoms with Crippen LogP contribution in [0.25, 0.3) is 0 Å². The summed E-state index contributed by atoms with van der Waals surface area (Å²) in [5.41, 5.74) is 2.66. The highest BCUT2D eigenvalue weighted by Crippen LogP contribution is 2.26. The molecule has 0 spiro atoms. The summed E-state index contributed by atoms with van der Waals surface area (Å²) >= 11 is 0. The van der Waals surface area contributed by atoms with Crippen LogP contribution < -0.4 is 5.32 Å². The highest BCUT2D eigenvalue weighted by Gasteiger charge is 2.28. The van der Waals surface area contributed by atoms with Crippen LogP contribution in [0.3, 0.4) is 0 Å². The highest BCUT2D eigenvalue weighted by atomic mass is 16.3. The molecule has 3 heteroatoms. The van der Waals surface area contributed by atoms with Crippen LogP contribution in [0.1, 0.15) is 30.0 Å². The number of benzene rings is 1. The number of nitrogens with one attached hydrogen (secondary N) is 1. The molecule has 2 rings (SSSR count). The number of aliphatic hydroxyl groups is 1. The second-order valence-corrected chi connectivity index (χ2v) is 5.97. The van der Waals surface area contributed by atoms with Gasteiger partial charge in [-0.15, -0.1) is 0 Å². The summed E-state index contributed by atoms with van der Waals surface area (Å²) in [5, 5.41) is 14.3. The summed E-state index contributed by atoms with van der Waals surface area (Å²) < 4.78 is 0. The Labute approximate surface area is 116 Å². The molecule has 0 amide bonds. The molecular weight excluding hydrogens is 236 g/mol. The van der Waals surface area contributed by atoms with E-state index in [4.69, 9.17) is 0 Å². The van der Waals surface area contributed by atoms with E-state index >= 15 is 0 Å². The van der Waals surface area contributed by atoms with Crippen LogP contribution in [0.15, 0.2) is 18.2 Å². The topological polar surface area (TPSA) is 35.5 Å². The number of aryl methyl sites for hydroxylation is 2. The van der Waals surface area contributed by atoms with Crippen molar-refractivity contribution in [3.8, 4) is 0 Å². The first kappa shape index (κ1) is 14.5. The summed E-state index contributed by atoms with van der Waals surface area (Å²) in [5.74, 6) is 0. The first-order valence-electron chi connectivity index (χ1n) is 7.22. The monoisotopic (exact) mass is 262 g/mol. The predicted octanol–water partition coefficient (Wildman–Crippen LogP) is 1.81. The van der Waals surface area contributed by atoms with Crippen LogP contribution in [0.4, 0.5) is 0 Å². The maximum Gasteiger partial charge on any atom is 0.0997 e. The van der Waals surface area contributed by atoms with Gasteiger partial charge in [0, 0.05) is 19.6 Å². The van der Waals surface area contributed by atoms with Gasteiger partial charge in [-0.1, -0.05) is 23.8 Å². The van der Waals surface area contributed by atoms with Gasteiger partial charge < -0.3 is 10.4 Å². The normalized spacial score (nSPS) is 20.8. The van der Waals surface area contributed by atoms with Crippen molar-refractivity contribution in [2.75, 3.05) is 32.7 Å². The number of nitrogens with zero attached hydrogens (tertiary/aromatic N) is 1. The molecule has 0 aromatic heterocycles. The van der Waals surface area contributed by atoms with Crippen molar-refractivity contribution in [3.63, 3.8) is 0 Å². The third-order valence-electron chi connectivity index (χ3n) is 3.94. The molecule has 1 heterocycles. The van der Waals surface area contributed by atoms with Crippen molar-refractivity contribution in [2.45, 2.75) is 32.8 Å². The zero-order valence-corrected chi connectivity index (χ0v) is 12.4. The molecule has 3 nitrogen and oxygen atoms in total. The Morgan fingerprint density at radius 1 is 1.26 bits per heavy atom. The molecule has 106 valence electrons. The molecular formula is C16H26N2O. The van der Waals surface area contributed by atoms with Gasteiger partial charge in [-0.25, -0.2) is 0 Å². The van der Waals surface area contributed by atoms with Gasteiger partial charge in [-0.2, -0.15) is 0 Å². The van der Waals surface area contributed by atoms with E-state index in [0.717, 1.165) is 38.2 Å². The number of rotatable bonds is 3. The molecule has 19 heavy (non-hydrogen) atoms. The predicted molar refractivity (Wildman–Crippen MR) is 79.4 cm³/mol. The summed E-state index contributed by atoms with van der Waals surface area (Å²) in [6, 6.07) is 6.32. The van der Waals surface area contributed by atoms with E-state index in [2.05, 4.69) is 42.3 Å². The average molecular weight is 262 g/mol. The molecule has 1 unspecified atom stereocenters. The second-order valence-electron chi connectivity index (χ2n) is 5.97. The second kappa shape index (κ2) is 6.04. The lowest BCUT2D eigenvalue weighted by molar-refractivity contribution is 0.0171. The Kier molecular flexibility index (Phi) is 4.61. The molecule has 1 saturated heterocycles. The van der Waals surface area contributed by atoms with Gasteiger partial charge in [0.25, 0.3) is 0 Å². The van der Waals surface area contributed by atoms with Crippen molar-refractivity contribution < 1.29 is 5.11 Å². The van der Waals surface area contributed by atoms with Gasteiger partial charge >= 0.3 is 0 Å². The smallest absolute Gasteiger partial charge is 0.0997 e. The van der Waals surface area contributed by atoms with Gasteiger partial charge in [0.15, 0.2) is 0 Å². The Hall–Kier alpha value is -0.900. The Morgan fingerprint density at radius 3 is 2.84 bits per heavy atom. The zero-order chi connectivity index (χ0) is 13.9. The molecule has 0 bridgehead atoms. The third kappa shape index (κ3) is 3.78. The zero-order valence-electron chi connectivity index (χ0n) is 12.4. The minimum absolute atomic E-state index is 0.707. The lowest BCUT2D eigenvalue weighted by Gasteiger charge is -2.32. The summed E-state index contributed by atoms with van der Waals surface area (Å²) in [4.78, 5) is 2.36. The van der Waals surface area contributed by atoms with E-state index in [9.17, 15) is 5.11 Å². The molecule has 0 saturated carbocycles. The fourth-order valence-corrected chi connectivity index (χ4v) is 2.90. The fraction of sp³-hybridized carbons (Fsp3) is 0.625. The van der Waals surface area contributed by atoms with Gasteiger partial charge in [0.2, 0.25) is 0 Å². The van der Waals surface area contributed by atoms with Crippen LogP contribution in [-0.4, -0.2) is 42.7 Å².